The summed E-state index contributed by atoms with van der Waals surface area (Å²) in [6.07, 6.45) is 3.87. The van der Waals surface area contributed by atoms with Gasteiger partial charge in [-0.15, -0.1) is 0 Å². The van der Waals surface area contributed by atoms with Crippen molar-refractivity contribution >= 4 is 23.8 Å². The molecule has 0 spiro atoms. The van der Waals surface area contributed by atoms with E-state index in [4.69, 9.17) is 15.0 Å². The van der Waals surface area contributed by atoms with Gasteiger partial charge in [-0.25, -0.2) is 4.98 Å². The molecule has 7 heteroatoms. The molecule has 0 aliphatic heterocycles. The van der Waals surface area contributed by atoms with Crippen molar-refractivity contribution in [3.8, 4) is 0 Å². The number of rotatable bonds is 10. The molecule has 246 valence electrons. The number of aliphatic imine (C=N–C) groups is 2. The van der Waals surface area contributed by atoms with Gasteiger partial charge in [0, 0.05) is 0 Å². The van der Waals surface area contributed by atoms with Gasteiger partial charge in [0.25, 0.3) is 0 Å². The fourth-order valence-corrected chi connectivity index (χ4v) is 5.25. The number of nitrogens with zero attached hydrogens (tertiary/aromatic N) is 3. The summed E-state index contributed by atoms with van der Waals surface area (Å²) in [6, 6.07) is 13.6. The first-order chi connectivity index (χ1) is 19.2. The van der Waals surface area contributed by atoms with E-state index in [9.17, 15) is 0 Å². The number of hydrogen-bond donors (Lipinski definition) is 0. The van der Waals surface area contributed by atoms with E-state index in [0.29, 0.717) is 35.5 Å². The molecule has 0 fully saturated rings. The van der Waals surface area contributed by atoms with Crippen LogP contribution in [0, 0.1) is 6.92 Å². The standard InChI is InChI=1S/C38H53N3.3ClH.V/c1-22(2)29-16-33(24(5)6)37(34(17-29)25(7)8)39-20-31-14-28(13)15-32(41-31)21-40-38-35(26(9)10)18-30(23(3)4)19-36(38)27(11)12;;;;/h14-27H,1-13H3;3*1H;/q;;;;+3/p-3. The van der Waals surface area contributed by atoms with Gasteiger partial charge in [-0.05, 0) is 93.5 Å². The molecule has 0 bridgehead atoms. The second kappa shape index (κ2) is 19.9. The summed E-state index contributed by atoms with van der Waals surface area (Å²) in [7, 11) is 0. The molecule has 3 rings (SSSR count). The average Bonchev–Trinajstić information content (AvgIpc) is 2.88. The van der Waals surface area contributed by atoms with E-state index in [0.717, 1.165) is 28.3 Å². The van der Waals surface area contributed by atoms with E-state index in [1.54, 1.807) is 0 Å². The molecule has 1 aromatic heterocycles. The topological polar surface area (TPSA) is 37.6 Å². The summed E-state index contributed by atoms with van der Waals surface area (Å²) in [5.41, 5.74) is 13.0. The van der Waals surface area contributed by atoms with Crippen molar-refractivity contribution in [1.82, 2.24) is 4.98 Å². The second-order valence-corrected chi connectivity index (χ2v) is 13.5. The van der Waals surface area contributed by atoms with Gasteiger partial charge < -0.3 is 37.2 Å². The van der Waals surface area contributed by atoms with Crippen molar-refractivity contribution in [1.29, 1.82) is 0 Å². The Morgan fingerprint density at radius 2 is 0.733 bits per heavy atom. The molecular formula is C38H53Cl3N3V. The number of pyridine rings is 1. The minimum atomic E-state index is 0. The first-order valence-electron chi connectivity index (χ1n) is 15.6. The molecule has 0 N–H and O–H groups in total. The van der Waals surface area contributed by atoms with Gasteiger partial charge in [0.1, 0.15) is 0 Å². The summed E-state index contributed by atoms with van der Waals surface area (Å²) < 4.78 is 0. The van der Waals surface area contributed by atoms with E-state index in [-0.39, 0.29) is 55.8 Å². The summed E-state index contributed by atoms with van der Waals surface area (Å²) >= 11 is 0. The van der Waals surface area contributed by atoms with Crippen LogP contribution in [0.1, 0.15) is 169 Å². The van der Waals surface area contributed by atoms with Crippen molar-refractivity contribution in [3.05, 3.63) is 86.7 Å². The number of aryl methyl sites for hydroxylation is 1. The monoisotopic (exact) mass is 707 g/mol. The molecule has 0 radical (unpaired) electrons. The van der Waals surface area contributed by atoms with E-state index in [2.05, 4.69) is 126 Å². The molecule has 45 heavy (non-hydrogen) atoms. The molecule has 0 amide bonds. The largest absolute Gasteiger partial charge is 3.00 e. The van der Waals surface area contributed by atoms with Crippen LogP contribution in [-0.4, -0.2) is 17.4 Å². The Kier molecular flexibility index (Phi) is 20.1. The normalized spacial score (nSPS) is 11.5. The van der Waals surface area contributed by atoms with Gasteiger partial charge in [-0.1, -0.05) is 107 Å². The molecule has 0 atom stereocenters. The fourth-order valence-electron chi connectivity index (χ4n) is 5.25. The Hall–Kier alpha value is -1.62. The second-order valence-electron chi connectivity index (χ2n) is 13.5. The zero-order chi connectivity index (χ0) is 30.6. The van der Waals surface area contributed by atoms with Gasteiger partial charge in [-0.3, -0.25) is 9.98 Å². The Bertz CT molecular complexity index is 1260. The predicted molar refractivity (Wildman–Crippen MR) is 181 cm³/mol. The van der Waals surface area contributed by atoms with E-state index in [1.165, 1.54) is 33.4 Å². The summed E-state index contributed by atoms with van der Waals surface area (Å²) in [6.45, 7) is 29.2. The van der Waals surface area contributed by atoms with Gasteiger partial charge >= 0.3 is 18.6 Å². The molecule has 0 saturated carbocycles. The molecular weight excluding hydrogens is 656 g/mol. The third-order valence-corrected chi connectivity index (χ3v) is 7.86. The smallest absolute Gasteiger partial charge is 1.00 e. The summed E-state index contributed by atoms with van der Waals surface area (Å²) in [4.78, 5) is 15.1. The van der Waals surface area contributed by atoms with Crippen LogP contribution >= 0.6 is 0 Å². The van der Waals surface area contributed by atoms with Crippen molar-refractivity contribution in [2.75, 3.05) is 0 Å². The third-order valence-electron chi connectivity index (χ3n) is 7.86. The first kappa shape index (κ1) is 45.5. The molecule has 0 unspecified atom stereocenters. The van der Waals surface area contributed by atoms with Crippen LogP contribution in [0.25, 0.3) is 0 Å². The minimum Gasteiger partial charge on any atom is -1.00 e. The maximum Gasteiger partial charge on any atom is 3.00 e. The molecule has 1 heterocycles. The minimum absolute atomic E-state index is 0. The zero-order valence-corrected chi connectivity index (χ0v) is 33.2. The maximum absolute atomic E-state index is 5.09. The molecule has 0 aliphatic rings. The van der Waals surface area contributed by atoms with Gasteiger partial charge in [-0.2, -0.15) is 0 Å². The number of benzene rings is 2. The predicted octanol–water partition coefficient (Wildman–Crippen LogP) is 2.64. The summed E-state index contributed by atoms with van der Waals surface area (Å²) in [5, 5.41) is 0. The van der Waals surface area contributed by atoms with Crippen molar-refractivity contribution in [2.45, 2.75) is 126 Å². The van der Waals surface area contributed by atoms with Crippen molar-refractivity contribution < 1.29 is 55.8 Å². The quantitative estimate of drug-likeness (QED) is 0.299. The fraction of sp³-hybridized carbons (Fsp3) is 0.500. The van der Waals surface area contributed by atoms with Gasteiger partial charge in [0.05, 0.1) is 35.2 Å². The van der Waals surface area contributed by atoms with Crippen LogP contribution in [0.4, 0.5) is 11.4 Å². The molecule has 0 saturated heterocycles. The van der Waals surface area contributed by atoms with Gasteiger partial charge in [0.15, 0.2) is 0 Å². The molecule has 2 aromatic carbocycles. The van der Waals surface area contributed by atoms with Crippen LogP contribution in [-0.2, 0) is 18.6 Å². The molecule has 0 aliphatic carbocycles. The SMILES string of the molecule is Cc1cc(C=Nc2c(C(C)C)cc(C(C)C)cc2C(C)C)nc(C=Nc2c(C(C)C)cc(C(C)C)cc2C(C)C)c1.[Cl-].[Cl-].[Cl-].[V+3]. The van der Waals surface area contributed by atoms with Crippen LogP contribution in [0.15, 0.2) is 46.4 Å². The Labute approximate surface area is 305 Å². The Morgan fingerprint density at radius 3 is 0.956 bits per heavy atom. The Morgan fingerprint density at radius 1 is 0.467 bits per heavy atom. The zero-order valence-electron chi connectivity index (χ0n) is 29.5. The van der Waals surface area contributed by atoms with Gasteiger partial charge in [0.2, 0.25) is 0 Å². The number of aromatic nitrogens is 1. The molecule has 3 nitrogen and oxygen atoms in total. The first-order valence-corrected chi connectivity index (χ1v) is 15.6. The van der Waals surface area contributed by atoms with Crippen LogP contribution in [0.3, 0.4) is 0 Å². The van der Waals surface area contributed by atoms with Crippen LogP contribution in [0.2, 0.25) is 0 Å². The number of hydrogen-bond acceptors (Lipinski definition) is 3. The average molecular weight is 709 g/mol. The summed E-state index contributed by atoms with van der Waals surface area (Å²) in [5.74, 6) is 2.52. The van der Waals surface area contributed by atoms with E-state index in [1.807, 2.05) is 12.4 Å². The van der Waals surface area contributed by atoms with E-state index >= 15 is 0 Å². The van der Waals surface area contributed by atoms with Crippen molar-refractivity contribution in [3.63, 3.8) is 0 Å². The Balaban J connectivity index is 0. The van der Waals surface area contributed by atoms with Crippen molar-refractivity contribution in [2.24, 2.45) is 9.98 Å². The van der Waals surface area contributed by atoms with E-state index < -0.39 is 0 Å². The third kappa shape index (κ3) is 11.8. The number of halogens is 3. The van der Waals surface area contributed by atoms with Crippen LogP contribution < -0.4 is 37.2 Å². The maximum atomic E-state index is 5.09. The van der Waals surface area contributed by atoms with Crippen LogP contribution in [0.5, 0.6) is 0 Å². The molecule has 3 aromatic rings.